The van der Waals surface area contributed by atoms with E-state index < -0.39 is 5.92 Å². The maximum atomic E-state index is 13.1. The van der Waals surface area contributed by atoms with Crippen molar-refractivity contribution in [1.29, 1.82) is 0 Å². The van der Waals surface area contributed by atoms with Gasteiger partial charge in [0, 0.05) is 31.8 Å². The maximum Gasteiger partial charge on any atom is 0.230 e. The average Bonchev–Trinajstić information content (AvgIpc) is 3.08. The van der Waals surface area contributed by atoms with Crippen LogP contribution in [0.3, 0.4) is 0 Å². The number of hydrogen-bond donors (Lipinski definition) is 1. The quantitative estimate of drug-likeness (QED) is 0.894. The molecule has 0 aromatic heterocycles. The van der Waals surface area contributed by atoms with Crippen molar-refractivity contribution in [1.82, 2.24) is 4.90 Å². The van der Waals surface area contributed by atoms with Crippen molar-refractivity contribution in [3.63, 3.8) is 0 Å². The normalized spacial score (nSPS) is 24.8. The summed E-state index contributed by atoms with van der Waals surface area (Å²) in [5.74, 6) is 0.197. The third kappa shape index (κ3) is 2.99. The summed E-state index contributed by atoms with van der Waals surface area (Å²) in [5.41, 5.74) is 1.55. The van der Waals surface area contributed by atoms with Crippen LogP contribution in [0.25, 0.3) is 0 Å². The molecule has 1 aromatic rings. The highest BCUT2D eigenvalue weighted by molar-refractivity contribution is 6.01. The lowest BCUT2D eigenvalue weighted by molar-refractivity contribution is -0.139. The van der Waals surface area contributed by atoms with E-state index in [1.54, 1.807) is 13.2 Å². The number of nitrogens with one attached hydrogen (secondary N) is 1. The number of piperidine rings is 1. The van der Waals surface area contributed by atoms with Crippen LogP contribution >= 0.6 is 0 Å². The smallest absolute Gasteiger partial charge is 0.230 e. The lowest BCUT2D eigenvalue weighted by atomic mass is 9.85. The van der Waals surface area contributed by atoms with Crippen LogP contribution in [0, 0.1) is 0 Å². The van der Waals surface area contributed by atoms with E-state index in [1.165, 1.54) is 0 Å². The van der Waals surface area contributed by atoms with Crippen molar-refractivity contribution in [3.8, 4) is 5.75 Å². The van der Waals surface area contributed by atoms with Gasteiger partial charge in [-0.2, -0.15) is 0 Å². The van der Waals surface area contributed by atoms with Crippen LogP contribution < -0.4 is 10.1 Å². The zero-order chi connectivity index (χ0) is 17.4. The molecule has 4 rings (SSSR count). The van der Waals surface area contributed by atoms with Gasteiger partial charge < -0.3 is 19.7 Å². The fourth-order valence-electron chi connectivity index (χ4n) is 4.29. The van der Waals surface area contributed by atoms with Crippen LogP contribution in [0.1, 0.15) is 43.6 Å². The van der Waals surface area contributed by atoms with E-state index in [-0.39, 0.29) is 23.8 Å². The molecule has 6 nitrogen and oxygen atoms in total. The predicted molar refractivity (Wildman–Crippen MR) is 92.7 cm³/mol. The van der Waals surface area contributed by atoms with Gasteiger partial charge >= 0.3 is 0 Å². The molecule has 2 saturated heterocycles. The zero-order valence-corrected chi connectivity index (χ0v) is 14.5. The van der Waals surface area contributed by atoms with Crippen LogP contribution in [0.5, 0.6) is 5.75 Å². The number of ether oxygens (including phenoxy) is 2. The molecule has 1 N–H and O–H groups in total. The number of rotatable bonds is 2. The Labute approximate surface area is 147 Å². The highest BCUT2D eigenvalue weighted by atomic mass is 16.5. The number of nitrogens with zero attached hydrogens (tertiary/aromatic N) is 1. The molecule has 1 atom stereocenters. The molecular formula is C19H24N2O4. The first kappa shape index (κ1) is 16.4. The van der Waals surface area contributed by atoms with Gasteiger partial charge in [-0.1, -0.05) is 0 Å². The first-order valence-corrected chi connectivity index (χ1v) is 9.01. The molecule has 1 spiro atoms. The molecule has 6 heteroatoms. The van der Waals surface area contributed by atoms with Crippen molar-refractivity contribution in [2.75, 3.05) is 32.1 Å². The number of benzene rings is 1. The van der Waals surface area contributed by atoms with Gasteiger partial charge in [-0.25, -0.2) is 0 Å². The molecule has 25 heavy (non-hydrogen) atoms. The van der Waals surface area contributed by atoms with Crippen LogP contribution in [-0.4, -0.2) is 49.1 Å². The summed E-state index contributed by atoms with van der Waals surface area (Å²) in [4.78, 5) is 27.1. The lowest BCUT2D eigenvalue weighted by Gasteiger charge is -2.40. The Hall–Kier alpha value is -2.08. The molecule has 2 fully saturated rings. The fraction of sp³-hybridized carbons (Fsp3) is 0.579. The Balaban J connectivity index is 1.53. The number of carbonyl (C=O) groups excluding carboxylic acids is 2. The van der Waals surface area contributed by atoms with Crippen LogP contribution in [0.2, 0.25) is 0 Å². The summed E-state index contributed by atoms with van der Waals surface area (Å²) in [6.45, 7) is 2.25. The molecule has 134 valence electrons. The maximum absolute atomic E-state index is 13.1. The van der Waals surface area contributed by atoms with Gasteiger partial charge in [-0.05, 0) is 49.4 Å². The second-order valence-electron chi connectivity index (χ2n) is 7.22. The minimum absolute atomic E-state index is 0.0121. The molecule has 1 aromatic carbocycles. The predicted octanol–water partition coefficient (Wildman–Crippen LogP) is 2.29. The molecular weight excluding hydrogens is 320 g/mol. The summed E-state index contributed by atoms with van der Waals surface area (Å²) in [7, 11) is 1.60. The molecule has 0 radical (unpaired) electrons. The van der Waals surface area contributed by atoms with Gasteiger partial charge in [0.1, 0.15) is 5.75 Å². The first-order valence-electron chi connectivity index (χ1n) is 9.01. The molecule has 2 amide bonds. The van der Waals surface area contributed by atoms with Gasteiger partial charge in [0.2, 0.25) is 11.8 Å². The number of methoxy groups -OCH3 is 1. The largest absolute Gasteiger partial charge is 0.497 e. The minimum atomic E-state index is -0.433. The molecule has 0 unspecified atom stereocenters. The van der Waals surface area contributed by atoms with Crippen molar-refractivity contribution in [2.45, 2.75) is 43.6 Å². The van der Waals surface area contributed by atoms with Gasteiger partial charge in [-0.15, -0.1) is 0 Å². The SMILES string of the molecule is COc1ccc2c(c1)[C@@H](C(=O)N1CCC3(CCCO3)CC1)CC(=O)N2. The van der Waals surface area contributed by atoms with Crippen molar-refractivity contribution in [2.24, 2.45) is 0 Å². The molecule has 0 bridgehead atoms. The van der Waals surface area contributed by atoms with Crippen molar-refractivity contribution >= 4 is 17.5 Å². The van der Waals surface area contributed by atoms with Crippen molar-refractivity contribution in [3.05, 3.63) is 23.8 Å². The lowest BCUT2D eigenvalue weighted by Crippen LogP contribution is -2.48. The Bertz CT molecular complexity index is 687. The average molecular weight is 344 g/mol. The van der Waals surface area contributed by atoms with E-state index in [1.807, 2.05) is 17.0 Å². The third-order valence-electron chi connectivity index (χ3n) is 5.77. The summed E-state index contributed by atoms with van der Waals surface area (Å²) >= 11 is 0. The number of hydrogen-bond acceptors (Lipinski definition) is 4. The van der Waals surface area contributed by atoms with E-state index in [0.29, 0.717) is 24.5 Å². The van der Waals surface area contributed by atoms with E-state index in [0.717, 1.165) is 37.9 Å². The minimum Gasteiger partial charge on any atom is -0.497 e. The summed E-state index contributed by atoms with van der Waals surface area (Å²) in [5, 5.41) is 2.85. The van der Waals surface area contributed by atoms with Crippen LogP contribution in [0.4, 0.5) is 5.69 Å². The van der Waals surface area contributed by atoms with E-state index >= 15 is 0 Å². The summed E-state index contributed by atoms with van der Waals surface area (Å²) < 4.78 is 11.2. The summed E-state index contributed by atoms with van der Waals surface area (Å²) in [6, 6.07) is 5.47. The Kier molecular flexibility index (Phi) is 4.15. The molecule has 3 aliphatic rings. The van der Waals surface area contributed by atoms with Gasteiger partial charge in [0.05, 0.1) is 18.6 Å². The number of fused-ring (bicyclic) bond motifs is 1. The second kappa shape index (κ2) is 6.33. The Morgan fingerprint density at radius 3 is 2.80 bits per heavy atom. The topological polar surface area (TPSA) is 67.9 Å². The number of carbonyl (C=O) groups is 2. The fourth-order valence-corrected chi connectivity index (χ4v) is 4.29. The van der Waals surface area contributed by atoms with Gasteiger partial charge in [0.15, 0.2) is 0 Å². The van der Waals surface area contributed by atoms with Crippen LogP contribution in [0.15, 0.2) is 18.2 Å². The Morgan fingerprint density at radius 2 is 2.12 bits per heavy atom. The van der Waals surface area contributed by atoms with E-state index in [9.17, 15) is 9.59 Å². The first-order chi connectivity index (χ1) is 12.1. The monoisotopic (exact) mass is 344 g/mol. The summed E-state index contributed by atoms with van der Waals surface area (Å²) in [6.07, 6.45) is 4.19. The Morgan fingerprint density at radius 1 is 1.32 bits per heavy atom. The van der Waals surface area contributed by atoms with Gasteiger partial charge in [-0.3, -0.25) is 9.59 Å². The highest BCUT2D eigenvalue weighted by Crippen LogP contribution is 2.39. The molecule has 3 heterocycles. The van der Waals surface area contributed by atoms with E-state index in [2.05, 4.69) is 5.32 Å². The molecule has 3 aliphatic heterocycles. The van der Waals surface area contributed by atoms with Crippen LogP contribution in [-0.2, 0) is 14.3 Å². The van der Waals surface area contributed by atoms with Crippen molar-refractivity contribution < 1.29 is 19.1 Å². The zero-order valence-electron chi connectivity index (χ0n) is 14.5. The molecule has 0 aliphatic carbocycles. The van der Waals surface area contributed by atoms with Gasteiger partial charge in [0.25, 0.3) is 0 Å². The third-order valence-corrected chi connectivity index (χ3v) is 5.77. The molecule has 0 saturated carbocycles. The number of likely N-dealkylation sites (tertiary alicyclic amines) is 1. The number of amides is 2. The second-order valence-corrected chi connectivity index (χ2v) is 7.22. The standard InChI is InChI=1S/C19H24N2O4/c1-24-13-3-4-16-14(11-13)15(12-17(22)20-16)18(23)21-8-6-19(7-9-21)5-2-10-25-19/h3-4,11,15H,2,5-10,12H2,1H3,(H,20,22)/t15-/m0/s1. The number of anilines is 1. The highest BCUT2D eigenvalue weighted by Gasteiger charge is 2.41. The van der Waals surface area contributed by atoms with E-state index in [4.69, 9.17) is 9.47 Å².